The zero-order valence-corrected chi connectivity index (χ0v) is 18.3. The van der Waals surface area contributed by atoms with Crippen LogP contribution in [-0.2, 0) is 17.6 Å². The first kappa shape index (κ1) is 20.5. The van der Waals surface area contributed by atoms with Crippen LogP contribution in [-0.4, -0.2) is 17.0 Å². The van der Waals surface area contributed by atoms with Crippen LogP contribution < -0.4 is 10.4 Å². The molecule has 1 aliphatic heterocycles. The van der Waals surface area contributed by atoms with Gasteiger partial charge in [-0.25, -0.2) is 9.59 Å². The molecule has 0 amide bonds. The molecule has 1 atom stereocenters. The fourth-order valence-corrected chi connectivity index (χ4v) is 5.22. The lowest BCUT2D eigenvalue weighted by Crippen LogP contribution is -2.22. The molecule has 3 heterocycles. The molecule has 2 aromatic carbocycles. The van der Waals surface area contributed by atoms with Crippen LogP contribution in [0, 0.1) is 6.92 Å². The van der Waals surface area contributed by atoms with E-state index in [9.17, 15) is 14.4 Å². The summed E-state index contributed by atoms with van der Waals surface area (Å²) in [7, 11) is 0. The molecule has 7 heteroatoms. The van der Waals surface area contributed by atoms with Crippen LogP contribution >= 0.6 is 0 Å². The van der Waals surface area contributed by atoms with Gasteiger partial charge in [-0.3, -0.25) is 4.79 Å². The molecule has 4 aromatic rings. The molecule has 0 unspecified atom stereocenters. The van der Waals surface area contributed by atoms with Crippen LogP contribution in [0.15, 0.2) is 56.1 Å². The number of carboxylic acid groups (broad SMARTS) is 1. The predicted octanol–water partition coefficient (Wildman–Crippen LogP) is 4.99. The maximum Gasteiger partial charge on any atom is 0.339 e. The van der Waals surface area contributed by atoms with Gasteiger partial charge in [-0.05, 0) is 67.6 Å². The van der Waals surface area contributed by atoms with Crippen molar-refractivity contribution in [2.45, 2.75) is 38.5 Å². The predicted molar refractivity (Wildman–Crippen MR) is 122 cm³/mol. The molecule has 0 saturated heterocycles. The lowest BCUT2D eigenvalue weighted by molar-refractivity contribution is -0.135. The quantitative estimate of drug-likeness (QED) is 0.263. The number of hydrogen-bond donors (Lipinski definition) is 1. The van der Waals surface area contributed by atoms with Gasteiger partial charge < -0.3 is 18.7 Å². The summed E-state index contributed by atoms with van der Waals surface area (Å²) in [6, 6.07) is 11.9. The summed E-state index contributed by atoms with van der Waals surface area (Å²) in [4.78, 5) is 36.3. The standard InChI is InChI=1S/C27H20O7/c1-13-11-21-24(16-3-2-4-17(16)27(31)33-21)25-23(13)18(12-22(28)34-25)20-10-9-19(32-20)14-5-7-15(8-6-14)26(29)30/h5-11,18H,2-4,12H2,1H3,(H,29,30)/t18-/m0/s1. The van der Waals surface area contributed by atoms with Crippen LogP contribution in [0.4, 0.5) is 0 Å². The second kappa shape index (κ2) is 7.45. The van der Waals surface area contributed by atoms with Crippen molar-refractivity contribution in [3.05, 3.63) is 86.5 Å². The highest BCUT2D eigenvalue weighted by molar-refractivity contribution is 5.95. The number of carbonyl (C=O) groups is 2. The first-order chi connectivity index (χ1) is 16.4. The molecule has 170 valence electrons. The Morgan fingerprint density at radius 1 is 1.00 bits per heavy atom. The Hall–Kier alpha value is -4.13. The van der Waals surface area contributed by atoms with E-state index in [1.54, 1.807) is 12.1 Å². The molecule has 1 N–H and O–H groups in total. The molecule has 1 aliphatic carbocycles. The monoisotopic (exact) mass is 456 g/mol. The van der Waals surface area contributed by atoms with Crippen molar-refractivity contribution in [1.82, 2.24) is 0 Å². The van der Waals surface area contributed by atoms with E-state index in [2.05, 4.69) is 0 Å². The molecule has 0 bridgehead atoms. The van der Waals surface area contributed by atoms with Crippen molar-refractivity contribution < 1.29 is 28.3 Å². The van der Waals surface area contributed by atoms with Crippen molar-refractivity contribution in [2.75, 3.05) is 0 Å². The molecule has 2 aromatic heterocycles. The Balaban J connectivity index is 1.49. The van der Waals surface area contributed by atoms with Gasteiger partial charge in [0.05, 0.1) is 23.3 Å². The van der Waals surface area contributed by atoms with Gasteiger partial charge in [0.2, 0.25) is 0 Å². The van der Waals surface area contributed by atoms with E-state index < -0.39 is 5.97 Å². The fraction of sp³-hybridized carbons (Fsp3) is 0.222. The van der Waals surface area contributed by atoms with Crippen molar-refractivity contribution in [3.63, 3.8) is 0 Å². The highest BCUT2D eigenvalue weighted by Crippen LogP contribution is 2.47. The summed E-state index contributed by atoms with van der Waals surface area (Å²) in [6.07, 6.45) is 2.40. The number of esters is 1. The minimum atomic E-state index is -0.992. The summed E-state index contributed by atoms with van der Waals surface area (Å²) < 4.78 is 17.5. The highest BCUT2D eigenvalue weighted by Gasteiger charge is 2.36. The van der Waals surface area contributed by atoms with Crippen molar-refractivity contribution in [1.29, 1.82) is 0 Å². The number of hydrogen-bond acceptors (Lipinski definition) is 6. The van der Waals surface area contributed by atoms with Gasteiger partial charge >= 0.3 is 17.6 Å². The Morgan fingerprint density at radius 2 is 1.76 bits per heavy atom. The third-order valence-corrected chi connectivity index (χ3v) is 6.78. The third kappa shape index (κ3) is 3.08. The lowest BCUT2D eigenvalue weighted by Gasteiger charge is -2.26. The third-order valence-electron chi connectivity index (χ3n) is 6.78. The van der Waals surface area contributed by atoms with Gasteiger partial charge in [-0.2, -0.15) is 0 Å². The maximum atomic E-state index is 12.7. The van der Waals surface area contributed by atoms with E-state index >= 15 is 0 Å². The number of rotatable bonds is 3. The summed E-state index contributed by atoms with van der Waals surface area (Å²) in [5.41, 5.74) is 4.35. The Kier molecular flexibility index (Phi) is 4.49. The summed E-state index contributed by atoms with van der Waals surface area (Å²) in [5, 5.41) is 9.83. The largest absolute Gasteiger partial charge is 0.478 e. The first-order valence-electron chi connectivity index (χ1n) is 11.2. The minimum absolute atomic E-state index is 0.128. The van der Waals surface area contributed by atoms with Crippen LogP contribution in [0.5, 0.6) is 5.75 Å². The smallest absolute Gasteiger partial charge is 0.339 e. The number of fused-ring (bicyclic) bond motifs is 5. The number of aromatic carboxylic acids is 1. The van der Waals surface area contributed by atoms with Gasteiger partial charge in [0.25, 0.3) is 0 Å². The van der Waals surface area contributed by atoms with Crippen LogP contribution in [0.25, 0.3) is 22.3 Å². The molecule has 0 spiro atoms. The normalized spacial score (nSPS) is 16.9. The summed E-state index contributed by atoms with van der Waals surface area (Å²) in [6.45, 7) is 1.91. The molecule has 0 radical (unpaired) electrons. The number of aryl methyl sites for hydroxylation is 2. The average Bonchev–Trinajstić information content (AvgIpc) is 3.49. The molecular weight excluding hydrogens is 436 g/mol. The van der Waals surface area contributed by atoms with E-state index in [4.69, 9.17) is 18.7 Å². The van der Waals surface area contributed by atoms with Crippen molar-refractivity contribution >= 4 is 22.9 Å². The Labute approximate surface area is 193 Å². The van der Waals surface area contributed by atoms with E-state index in [-0.39, 0.29) is 29.5 Å². The van der Waals surface area contributed by atoms with Crippen molar-refractivity contribution in [2.24, 2.45) is 0 Å². The minimum Gasteiger partial charge on any atom is -0.478 e. The van der Waals surface area contributed by atoms with Crippen molar-refractivity contribution in [3.8, 4) is 17.1 Å². The second-order valence-corrected chi connectivity index (χ2v) is 8.82. The van der Waals surface area contributed by atoms with E-state index in [1.807, 2.05) is 25.1 Å². The topological polar surface area (TPSA) is 107 Å². The molecular formula is C27H20O7. The van der Waals surface area contributed by atoms with Gasteiger partial charge in [0, 0.05) is 16.7 Å². The van der Waals surface area contributed by atoms with Crippen LogP contribution in [0.2, 0.25) is 0 Å². The van der Waals surface area contributed by atoms with Gasteiger partial charge in [0.1, 0.15) is 22.9 Å². The number of benzene rings is 2. The lowest BCUT2D eigenvalue weighted by atomic mass is 9.85. The van der Waals surface area contributed by atoms with Gasteiger partial charge in [-0.15, -0.1) is 0 Å². The van der Waals surface area contributed by atoms with Crippen LogP contribution in [0.3, 0.4) is 0 Å². The fourth-order valence-electron chi connectivity index (χ4n) is 5.22. The summed E-state index contributed by atoms with van der Waals surface area (Å²) >= 11 is 0. The average molecular weight is 456 g/mol. The number of ether oxygens (including phenoxy) is 1. The second-order valence-electron chi connectivity index (χ2n) is 8.82. The molecule has 6 rings (SSSR count). The zero-order chi connectivity index (χ0) is 23.6. The van der Waals surface area contributed by atoms with E-state index in [1.165, 1.54) is 12.1 Å². The number of carboxylic acids is 1. The zero-order valence-electron chi connectivity index (χ0n) is 18.3. The van der Waals surface area contributed by atoms with E-state index in [0.29, 0.717) is 40.2 Å². The first-order valence-corrected chi connectivity index (χ1v) is 11.2. The molecule has 7 nitrogen and oxygen atoms in total. The Bertz CT molecular complexity index is 1550. The molecule has 34 heavy (non-hydrogen) atoms. The Morgan fingerprint density at radius 3 is 2.53 bits per heavy atom. The van der Waals surface area contributed by atoms with E-state index in [0.717, 1.165) is 35.1 Å². The SMILES string of the molecule is Cc1cc2oc(=O)c3c(c2c2c1[C@H](c1ccc(-c4ccc(C(=O)O)cc4)o1)CC(=O)O2)CCC3. The molecule has 2 aliphatic rings. The summed E-state index contributed by atoms with van der Waals surface area (Å²) in [5.74, 6) is -0.0526. The van der Waals surface area contributed by atoms with Crippen LogP contribution in [0.1, 0.15) is 57.1 Å². The number of furan rings is 1. The van der Waals surface area contributed by atoms with Gasteiger partial charge in [0.15, 0.2) is 0 Å². The maximum absolute atomic E-state index is 12.7. The highest BCUT2D eigenvalue weighted by atomic mass is 16.5. The van der Waals surface area contributed by atoms with Gasteiger partial charge in [-0.1, -0.05) is 12.1 Å². The number of carbonyl (C=O) groups excluding carboxylic acids is 1. The molecule has 0 saturated carbocycles. The molecule has 0 fully saturated rings.